The second kappa shape index (κ2) is 13.8. The van der Waals surface area contributed by atoms with Crippen LogP contribution in [-0.4, -0.2) is 9.13 Å². The van der Waals surface area contributed by atoms with Crippen molar-refractivity contribution >= 4 is 43.6 Å². The number of nitrogens with zero attached hydrogens (tertiary/aromatic N) is 3. The van der Waals surface area contributed by atoms with Crippen molar-refractivity contribution in [3.8, 4) is 39.7 Å². The number of hydrogen-bond acceptors (Lipinski definition) is 1. The van der Waals surface area contributed by atoms with Crippen LogP contribution >= 0.6 is 0 Å². The first-order valence-corrected chi connectivity index (χ1v) is 18.9. The van der Waals surface area contributed by atoms with Crippen molar-refractivity contribution < 1.29 is 39.5 Å². The maximum Gasteiger partial charge on any atom is 0.417 e. The Hall–Kier alpha value is -7.00. The number of fused-ring (bicyclic) bond motifs is 6. The highest BCUT2D eigenvalue weighted by atomic mass is 19.4. The molecule has 0 fully saturated rings. The van der Waals surface area contributed by atoms with Gasteiger partial charge in [-0.1, -0.05) is 53.6 Å². The molecule has 0 bridgehead atoms. The van der Waals surface area contributed by atoms with Crippen molar-refractivity contribution in [3.63, 3.8) is 0 Å². The molecule has 304 valence electrons. The first-order chi connectivity index (χ1) is 28.8. The lowest BCUT2D eigenvalue weighted by Gasteiger charge is -2.21. The number of halogens is 9. The predicted octanol–water partition coefficient (Wildman–Crippen LogP) is 15.1. The van der Waals surface area contributed by atoms with Gasteiger partial charge in [0.05, 0.1) is 61.8 Å². The fourth-order valence-corrected chi connectivity index (χ4v) is 8.55. The highest BCUT2D eigenvalue weighted by Crippen LogP contribution is 2.46. The van der Waals surface area contributed by atoms with Crippen molar-refractivity contribution in [2.45, 2.75) is 39.3 Å². The highest BCUT2D eigenvalue weighted by Gasteiger charge is 2.36. The van der Waals surface area contributed by atoms with E-state index in [1.165, 1.54) is 34.9 Å². The van der Waals surface area contributed by atoms with Gasteiger partial charge in [0.1, 0.15) is 0 Å². The smallest absolute Gasteiger partial charge is 0.309 e. The Balaban J connectivity index is 1.43. The second-order valence-electron chi connectivity index (χ2n) is 15.2. The van der Waals surface area contributed by atoms with Crippen LogP contribution in [0, 0.1) is 32.1 Å². The Kier molecular flexibility index (Phi) is 8.91. The van der Waals surface area contributed by atoms with Crippen molar-refractivity contribution in [3.05, 3.63) is 166 Å². The van der Waals surface area contributed by atoms with Crippen LogP contribution in [0.2, 0.25) is 0 Å². The van der Waals surface area contributed by atoms with Gasteiger partial charge < -0.3 is 9.13 Å². The molecule has 0 atom stereocenters. The molecule has 9 rings (SSSR count). The lowest BCUT2D eigenvalue weighted by molar-refractivity contribution is -0.138. The molecule has 2 aromatic heterocycles. The molecular weight excluding hydrogens is 802 g/mol. The van der Waals surface area contributed by atoms with E-state index in [1.54, 1.807) is 37.3 Å². The van der Waals surface area contributed by atoms with E-state index in [1.807, 2.05) is 54.8 Å². The Morgan fingerprint density at radius 3 is 1.39 bits per heavy atom. The third kappa shape index (κ3) is 6.56. The van der Waals surface area contributed by atoms with Crippen LogP contribution in [0.15, 0.2) is 127 Å². The van der Waals surface area contributed by atoms with Gasteiger partial charge in [-0.3, -0.25) is 0 Å². The Morgan fingerprint density at radius 1 is 0.459 bits per heavy atom. The average molecular weight is 832 g/mol. The van der Waals surface area contributed by atoms with Crippen LogP contribution < -0.4 is 0 Å². The number of aromatic nitrogens is 2. The molecule has 0 N–H and O–H groups in total. The second-order valence-corrected chi connectivity index (χ2v) is 15.2. The minimum absolute atomic E-state index is 0.0290. The third-order valence-corrected chi connectivity index (χ3v) is 11.3. The summed E-state index contributed by atoms with van der Waals surface area (Å²) < 4.78 is 132. The van der Waals surface area contributed by atoms with E-state index in [9.17, 15) is 44.8 Å². The van der Waals surface area contributed by atoms with Gasteiger partial charge in [0, 0.05) is 32.7 Å². The topological polar surface area (TPSA) is 33.6 Å². The van der Waals surface area contributed by atoms with Crippen LogP contribution in [0.1, 0.15) is 38.9 Å². The maximum absolute atomic E-state index is 14.7. The fraction of sp³-hybridized carbons (Fsp3) is 0.122. The Labute approximate surface area is 342 Å². The van der Waals surface area contributed by atoms with E-state index >= 15 is 0 Å². The summed E-state index contributed by atoms with van der Waals surface area (Å²) >= 11 is 0. The molecule has 7 aromatic carbocycles. The number of benzene rings is 7. The van der Waals surface area contributed by atoms with Crippen LogP contribution in [0.5, 0.6) is 0 Å². The molecule has 0 saturated heterocycles. The summed E-state index contributed by atoms with van der Waals surface area (Å²) in [6.07, 6.45) is -14.3. The summed E-state index contributed by atoms with van der Waals surface area (Å²) in [5.41, 5.74) is 3.00. The van der Waals surface area contributed by atoms with Crippen molar-refractivity contribution in [2.75, 3.05) is 0 Å². The molecule has 0 aliphatic heterocycles. The molecule has 0 amide bonds. The van der Waals surface area contributed by atoms with E-state index in [0.717, 1.165) is 63.3 Å². The van der Waals surface area contributed by atoms with Crippen LogP contribution in [-0.2, 0) is 18.5 Å². The van der Waals surface area contributed by atoms with E-state index in [-0.39, 0.29) is 44.2 Å². The molecule has 0 radical (unpaired) electrons. The fourth-order valence-electron chi connectivity index (χ4n) is 8.55. The minimum Gasteiger partial charge on any atom is -0.309 e. The Bertz CT molecular complexity index is 3190. The SMILES string of the molecule is Cc1ccc2c(c1)c1cc(C)ccc1n2-c1cc(-c2c(C)cccc2C(F)(F)F)ccc1-c1ccc(C#N)cc1-n1c2ccc(C(F)(F)F)cc2c2cc(C(F)(F)F)ccc21. The van der Waals surface area contributed by atoms with Gasteiger partial charge in [0.15, 0.2) is 0 Å². The Morgan fingerprint density at radius 2 is 0.918 bits per heavy atom. The number of aryl methyl sites for hydroxylation is 3. The molecule has 0 saturated carbocycles. The number of hydrogen-bond donors (Lipinski definition) is 0. The van der Waals surface area contributed by atoms with Gasteiger partial charge in [-0.15, -0.1) is 0 Å². The summed E-state index contributed by atoms with van der Waals surface area (Å²) in [4.78, 5) is 0. The summed E-state index contributed by atoms with van der Waals surface area (Å²) in [5, 5.41) is 11.7. The van der Waals surface area contributed by atoms with E-state index < -0.39 is 35.2 Å². The highest BCUT2D eigenvalue weighted by molar-refractivity contribution is 6.12. The normalized spacial score (nSPS) is 12.6. The number of rotatable bonds is 4. The van der Waals surface area contributed by atoms with Crippen molar-refractivity contribution in [2.24, 2.45) is 0 Å². The third-order valence-electron chi connectivity index (χ3n) is 11.3. The van der Waals surface area contributed by atoms with Gasteiger partial charge in [-0.25, -0.2) is 0 Å². The summed E-state index contributed by atoms with van der Waals surface area (Å²) in [6, 6.07) is 33.1. The monoisotopic (exact) mass is 831 g/mol. The molecule has 61 heavy (non-hydrogen) atoms. The zero-order valence-corrected chi connectivity index (χ0v) is 32.4. The van der Waals surface area contributed by atoms with Crippen LogP contribution in [0.3, 0.4) is 0 Å². The molecule has 12 heteroatoms. The van der Waals surface area contributed by atoms with Crippen molar-refractivity contribution in [1.29, 1.82) is 5.26 Å². The maximum atomic E-state index is 14.7. The zero-order chi connectivity index (χ0) is 43.3. The standard InChI is InChI=1S/C49H30F9N3/c1-26-7-15-40-35(19-26)36-20-27(2)8-16-41(36)61(40)45-22-30(46-28(3)5-4-6-39(46)49(56,57)58)10-14-34(45)33-13-9-29(25-59)21-44(33)60-42-17-11-31(47(50,51)52)23-37(42)38-24-32(48(53,54)55)12-18-43(38)60/h4-24H,1-3H3. The lowest BCUT2D eigenvalue weighted by atomic mass is 9.91. The first-order valence-electron chi connectivity index (χ1n) is 18.9. The molecule has 0 aliphatic carbocycles. The summed E-state index contributed by atoms with van der Waals surface area (Å²) in [5.74, 6) is 0. The quantitative estimate of drug-likeness (QED) is 0.163. The first kappa shape index (κ1) is 39.5. The predicted molar refractivity (Wildman–Crippen MR) is 220 cm³/mol. The molecule has 2 heterocycles. The molecule has 0 unspecified atom stereocenters. The van der Waals surface area contributed by atoms with Crippen LogP contribution in [0.25, 0.3) is 77.2 Å². The van der Waals surface area contributed by atoms with Gasteiger partial charge >= 0.3 is 18.5 Å². The molecular formula is C49H30F9N3. The summed E-state index contributed by atoms with van der Waals surface area (Å²) in [6.45, 7) is 5.50. The average Bonchev–Trinajstić information content (AvgIpc) is 3.70. The van der Waals surface area contributed by atoms with Crippen LogP contribution in [0.4, 0.5) is 39.5 Å². The molecule has 3 nitrogen and oxygen atoms in total. The molecule has 0 aliphatic rings. The van der Waals surface area contributed by atoms with Gasteiger partial charge in [0.2, 0.25) is 0 Å². The summed E-state index contributed by atoms with van der Waals surface area (Å²) in [7, 11) is 0. The zero-order valence-electron chi connectivity index (χ0n) is 32.4. The van der Waals surface area contributed by atoms with Crippen molar-refractivity contribution in [1.82, 2.24) is 9.13 Å². The minimum atomic E-state index is -4.81. The van der Waals surface area contributed by atoms with E-state index in [2.05, 4.69) is 6.07 Å². The lowest BCUT2D eigenvalue weighted by Crippen LogP contribution is -2.08. The number of nitriles is 1. The van der Waals surface area contributed by atoms with E-state index in [0.29, 0.717) is 22.4 Å². The van der Waals surface area contributed by atoms with E-state index in [4.69, 9.17) is 0 Å². The van der Waals surface area contributed by atoms with Gasteiger partial charge in [-0.2, -0.15) is 44.8 Å². The largest absolute Gasteiger partial charge is 0.417 e. The van der Waals surface area contributed by atoms with Gasteiger partial charge in [0.25, 0.3) is 0 Å². The van der Waals surface area contributed by atoms with Gasteiger partial charge in [-0.05, 0) is 122 Å². The molecule has 0 spiro atoms. The molecule has 9 aromatic rings. The number of alkyl halides is 9.